The van der Waals surface area contributed by atoms with Crippen molar-refractivity contribution in [1.29, 1.82) is 0 Å². The van der Waals surface area contributed by atoms with Gasteiger partial charge in [0.2, 0.25) is 0 Å². The summed E-state index contributed by atoms with van der Waals surface area (Å²) in [6.07, 6.45) is 1.00. The molecule has 1 saturated heterocycles. The van der Waals surface area contributed by atoms with Crippen molar-refractivity contribution in [3.05, 3.63) is 0 Å². The van der Waals surface area contributed by atoms with Gasteiger partial charge >= 0.3 is 18.3 Å². The van der Waals surface area contributed by atoms with Crippen LogP contribution >= 0.6 is 0 Å². The molecule has 5 nitrogen and oxygen atoms in total. The lowest BCUT2D eigenvalue weighted by Gasteiger charge is -2.23. The van der Waals surface area contributed by atoms with Crippen LogP contribution in [-0.2, 0) is 22.1 Å². The molecule has 0 N–H and O–H groups in total. The zero-order valence-electron chi connectivity index (χ0n) is 10.7. The third-order valence-electron chi connectivity index (χ3n) is 1.87. The van der Waals surface area contributed by atoms with Crippen LogP contribution in [0.1, 0.15) is 27.2 Å². The van der Waals surface area contributed by atoms with E-state index in [4.69, 9.17) is 22.1 Å². The lowest BCUT2D eigenvalue weighted by molar-refractivity contribution is 0.0935. The van der Waals surface area contributed by atoms with Gasteiger partial charge in [0.15, 0.2) is 0 Å². The summed E-state index contributed by atoms with van der Waals surface area (Å²) in [6, 6.07) is 0. The molecule has 1 fully saturated rings. The summed E-state index contributed by atoms with van der Waals surface area (Å²) >= 11 is 0. The van der Waals surface area contributed by atoms with Gasteiger partial charge in [-0.05, 0) is 27.2 Å². The lowest BCUT2D eigenvalue weighted by Crippen LogP contribution is -2.44. The van der Waals surface area contributed by atoms with Crippen LogP contribution in [-0.4, -0.2) is 59.5 Å². The van der Waals surface area contributed by atoms with E-state index in [1.165, 1.54) is 0 Å². The number of rotatable bonds is 8. The minimum absolute atomic E-state index is 0.0916. The fourth-order valence-electron chi connectivity index (χ4n) is 1.20. The van der Waals surface area contributed by atoms with E-state index in [-0.39, 0.29) is 5.73 Å². The van der Waals surface area contributed by atoms with Crippen LogP contribution < -0.4 is 0 Å². The molecule has 1 unspecified atom stereocenters. The molecule has 1 aliphatic rings. The highest BCUT2D eigenvalue weighted by Crippen LogP contribution is 2.04. The van der Waals surface area contributed by atoms with Crippen LogP contribution in [0.5, 0.6) is 0 Å². The average molecular weight is 293 g/mol. The van der Waals surface area contributed by atoms with Gasteiger partial charge in [0.1, 0.15) is 9.04 Å². The second kappa shape index (κ2) is 9.39. The first kappa shape index (κ1) is 15.5. The molecule has 1 atom stereocenters. The maximum atomic E-state index is 5.77. The molecule has 17 heavy (non-hydrogen) atoms. The van der Waals surface area contributed by atoms with E-state index in [2.05, 4.69) is 0 Å². The first-order chi connectivity index (χ1) is 8.26. The molecule has 0 aromatic rings. The first-order valence-corrected chi connectivity index (χ1v) is 10.6. The molecule has 98 valence electrons. The lowest BCUT2D eigenvalue weighted by atomic mass is 10.5. The Kier molecular flexibility index (Phi) is 8.57. The van der Waals surface area contributed by atoms with Crippen molar-refractivity contribution < 1.29 is 22.1 Å². The molecule has 1 aliphatic heterocycles. The van der Waals surface area contributed by atoms with E-state index < -0.39 is 18.3 Å². The Morgan fingerprint density at radius 1 is 1.24 bits per heavy atom. The highest BCUT2D eigenvalue weighted by Gasteiger charge is 2.28. The van der Waals surface area contributed by atoms with Crippen LogP contribution in [0.3, 0.4) is 0 Å². The molecule has 0 aromatic carbocycles. The van der Waals surface area contributed by atoms with Crippen molar-refractivity contribution in [2.45, 2.75) is 32.9 Å². The van der Waals surface area contributed by atoms with Crippen molar-refractivity contribution in [2.75, 3.05) is 26.4 Å². The summed E-state index contributed by atoms with van der Waals surface area (Å²) in [5.41, 5.74) is 0.0916. The Labute approximate surface area is 109 Å². The third kappa shape index (κ3) is 6.82. The monoisotopic (exact) mass is 292 g/mol. The Balaban J connectivity index is 2.22. The predicted octanol–water partition coefficient (Wildman–Crippen LogP) is 0.533. The van der Waals surface area contributed by atoms with Gasteiger partial charge in [-0.15, -0.1) is 0 Å². The molecule has 0 aliphatic carbocycles. The normalized spacial score (nSPS) is 19.8. The molecule has 0 spiro atoms. The number of hydrogen-bond acceptors (Lipinski definition) is 5. The van der Waals surface area contributed by atoms with Gasteiger partial charge in [-0.2, -0.15) is 0 Å². The van der Waals surface area contributed by atoms with Gasteiger partial charge in [0.25, 0.3) is 0 Å². The van der Waals surface area contributed by atoms with Crippen molar-refractivity contribution in [2.24, 2.45) is 0 Å². The highest BCUT2D eigenvalue weighted by atomic mass is 29.2. The standard InChI is InChI=1S/C9H20O5Si3/c1-4-10-16(11-5-2)14-9(3)15-17-12-7-6-8-13-17/h9H,4-8H2,1-3H3. The molecule has 1 heterocycles. The average Bonchev–Trinajstić information content (AvgIpc) is 2.30. The second-order valence-corrected chi connectivity index (χ2v) is 9.02. The van der Waals surface area contributed by atoms with E-state index in [1.54, 1.807) is 0 Å². The van der Waals surface area contributed by atoms with Gasteiger partial charge in [-0.3, -0.25) is 0 Å². The van der Waals surface area contributed by atoms with Gasteiger partial charge in [0.05, 0.1) is 0 Å². The first-order valence-electron chi connectivity index (χ1n) is 5.94. The van der Waals surface area contributed by atoms with Crippen LogP contribution in [0.15, 0.2) is 0 Å². The second-order valence-electron chi connectivity index (χ2n) is 3.36. The molecule has 0 amide bonds. The summed E-state index contributed by atoms with van der Waals surface area (Å²) < 4.78 is 27.8. The summed E-state index contributed by atoms with van der Waals surface area (Å²) in [7, 11) is -2.14. The largest absolute Gasteiger partial charge is 0.577 e. The summed E-state index contributed by atoms with van der Waals surface area (Å²) in [4.78, 5) is 0. The van der Waals surface area contributed by atoms with Crippen LogP contribution in [0.2, 0.25) is 0 Å². The SMILES string of the molecule is CCO[Si](OCC)OC(C)[Si][Si]1OCCCO1. The van der Waals surface area contributed by atoms with Crippen molar-refractivity contribution in [1.82, 2.24) is 0 Å². The smallest absolute Gasteiger partial charge is 0.396 e. The van der Waals surface area contributed by atoms with E-state index in [1.807, 2.05) is 20.8 Å². The van der Waals surface area contributed by atoms with E-state index in [9.17, 15) is 0 Å². The van der Waals surface area contributed by atoms with Gasteiger partial charge in [0, 0.05) is 32.2 Å². The van der Waals surface area contributed by atoms with E-state index in [0.717, 1.165) is 19.6 Å². The van der Waals surface area contributed by atoms with E-state index in [0.29, 0.717) is 22.3 Å². The third-order valence-corrected chi connectivity index (χ3v) is 8.19. The fourth-order valence-corrected chi connectivity index (χ4v) is 6.58. The molecular formula is C9H20O5Si3. The fraction of sp³-hybridized carbons (Fsp3) is 1.00. The minimum Gasteiger partial charge on any atom is -0.396 e. The zero-order chi connectivity index (χ0) is 12.5. The molecule has 0 aromatic heterocycles. The molecule has 4 radical (unpaired) electrons. The Morgan fingerprint density at radius 3 is 2.35 bits per heavy atom. The van der Waals surface area contributed by atoms with Crippen LogP contribution in [0.25, 0.3) is 0 Å². The maximum absolute atomic E-state index is 5.77. The molecule has 0 saturated carbocycles. The minimum atomic E-state index is -1.58. The van der Waals surface area contributed by atoms with Gasteiger partial charge < -0.3 is 22.1 Å². The number of hydrogen-bond donors (Lipinski definition) is 0. The molecular weight excluding hydrogens is 272 g/mol. The Bertz CT molecular complexity index is 185. The molecule has 8 heteroatoms. The quantitative estimate of drug-likeness (QED) is 0.611. The topological polar surface area (TPSA) is 46.2 Å². The Morgan fingerprint density at radius 2 is 1.82 bits per heavy atom. The zero-order valence-corrected chi connectivity index (χ0v) is 13.7. The summed E-state index contributed by atoms with van der Waals surface area (Å²) in [5.74, 6) is 0. The summed E-state index contributed by atoms with van der Waals surface area (Å²) in [5, 5.41) is 0. The van der Waals surface area contributed by atoms with Crippen LogP contribution in [0.4, 0.5) is 0 Å². The highest BCUT2D eigenvalue weighted by molar-refractivity contribution is 7.06. The summed E-state index contributed by atoms with van der Waals surface area (Å²) in [6.45, 7) is 8.80. The Hall–Kier alpha value is 0.451. The van der Waals surface area contributed by atoms with E-state index >= 15 is 0 Å². The van der Waals surface area contributed by atoms with Crippen molar-refractivity contribution in [3.63, 3.8) is 0 Å². The van der Waals surface area contributed by atoms with Crippen LogP contribution in [0, 0.1) is 0 Å². The van der Waals surface area contributed by atoms with Gasteiger partial charge in [-0.25, -0.2) is 0 Å². The van der Waals surface area contributed by atoms with Crippen molar-refractivity contribution in [3.8, 4) is 0 Å². The molecule has 0 bridgehead atoms. The van der Waals surface area contributed by atoms with Crippen molar-refractivity contribution >= 4 is 27.4 Å². The maximum Gasteiger partial charge on any atom is 0.577 e. The predicted molar refractivity (Wildman–Crippen MR) is 67.6 cm³/mol. The van der Waals surface area contributed by atoms with Gasteiger partial charge in [-0.1, -0.05) is 0 Å². The molecule has 1 rings (SSSR count).